The van der Waals surface area contributed by atoms with E-state index in [2.05, 4.69) is 5.32 Å². The second kappa shape index (κ2) is 4.08. The zero-order valence-electron chi connectivity index (χ0n) is 7.95. The third kappa shape index (κ3) is 2.21. The lowest BCUT2D eigenvalue weighted by Crippen LogP contribution is -2.57. The predicted octanol–water partition coefficient (Wildman–Crippen LogP) is -1.79. The van der Waals surface area contributed by atoms with E-state index in [1.54, 1.807) is 6.92 Å². The van der Waals surface area contributed by atoms with Crippen LogP contribution < -0.4 is 11.1 Å². The summed E-state index contributed by atoms with van der Waals surface area (Å²) in [6.07, 6.45) is 0.0867. The van der Waals surface area contributed by atoms with Gasteiger partial charge in [-0.3, -0.25) is 14.4 Å². The molecule has 3 amide bonds. The van der Waals surface area contributed by atoms with Gasteiger partial charge in [0.2, 0.25) is 5.91 Å². The number of carbonyl (C=O) groups excluding carboxylic acids is 3. The summed E-state index contributed by atoms with van der Waals surface area (Å²) in [7, 11) is 0. The Morgan fingerprint density at radius 1 is 1.64 bits per heavy atom. The molecule has 0 aliphatic carbocycles. The minimum Gasteiger partial charge on any atom is -0.370 e. The number of nitrogens with zero attached hydrogens (tertiary/aromatic N) is 1. The molecule has 1 atom stereocenters. The van der Waals surface area contributed by atoms with Crippen LogP contribution in [0, 0.1) is 0 Å². The van der Waals surface area contributed by atoms with Crippen molar-refractivity contribution in [1.82, 2.24) is 10.2 Å². The van der Waals surface area contributed by atoms with Gasteiger partial charge in [-0.05, 0) is 6.92 Å². The van der Waals surface area contributed by atoms with Gasteiger partial charge in [-0.1, -0.05) is 0 Å². The third-order valence-corrected chi connectivity index (χ3v) is 2.14. The molecule has 14 heavy (non-hydrogen) atoms. The summed E-state index contributed by atoms with van der Waals surface area (Å²) < 4.78 is 0. The maximum atomic E-state index is 11.3. The number of nitrogens with one attached hydrogen (secondary N) is 1. The average molecular weight is 199 g/mol. The van der Waals surface area contributed by atoms with E-state index in [1.165, 1.54) is 4.90 Å². The van der Waals surface area contributed by atoms with Crippen LogP contribution in [-0.4, -0.2) is 41.8 Å². The average Bonchev–Trinajstić information content (AvgIpc) is 2.11. The maximum absolute atomic E-state index is 11.3. The molecule has 1 aliphatic heterocycles. The first-order chi connectivity index (χ1) is 6.52. The zero-order valence-corrected chi connectivity index (χ0v) is 7.95. The largest absolute Gasteiger partial charge is 0.370 e. The minimum absolute atomic E-state index is 0.0838. The van der Waals surface area contributed by atoms with E-state index in [1.807, 2.05) is 0 Å². The van der Waals surface area contributed by atoms with Crippen molar-refractivity contribution >= 4 is 17.7 Å². The minimum atomic E-state index is -0.618. The third-order valence-electron chi connectivity index (χ3n) is 2.14. The summed E-state index contributed by atoms with van der Waals surface area (Å²) in [4.78, 5) is 34.2. The van der Waals surface area contributed by atoms with Crippen molar-refractivity contribution in [2.45, 2.75) is 19.4 Å². The molecule has 3 N–H and O–H groups in total. The van der Waals surface area contributed by atoms with Gasteiger partial charge in [0.1, 0.15) is 0 Å². The predicted molar refractivity (Wildman–Crippen MR) is 48.0 cm³/mol. The molecule has 1 fully saturated rings. The van der Waals surface area contributed by atoms with Crippen LogP contribution in [0.4, 0.5) is 0 Å². The normalized spacial score (nSPS) is 22.1. The Labute approximate surface area is 81.4 Å². The van der Waals surface area contributed by atoms with Gasteiger partial charge in [-0.2, -0.15) is 0 Å². The van der Waals surface area contributed by atoms with Crippen LogP contribution in [0.5, 0.6) is 0 Å². The fraction of sp³-hybridized carbons (Fsp3) is 0.625. The number of hydrogen-bond acceptors (Lipinski definition) is 3. The molecule has 0 bridgehead atoms. The molecule has 0 radical (unpaired) electrons. The summed E-state index contributed by atoms with van der Waals surface area (Å²) in [6, 6.07) is -0.0838. The number of hydrogen-bond donors (Lipinski definition) is 2. The Bertz CT molecular complexity index is 277. The fourth-order valence-corrected chi connectivity index (χ4v) is 1.31. The number of piperazine rings is 1. The molecule has 1 heterocycles. The molecule has 6 heteroatoms. The smallest absolute Gasteiger partial charge is 0.312 e. The first kappa shape index (κ1) is 10.5. The van der Waals surface area contributed by atoms with Crippen LogP contribution >= 0.6 is 0 Å². The van der Waals surface area contributed by atoms with E-state index in [9.17, 15) is 14.4 Å². The summed E-state index contributed by atoms with van der Waals surface area (Å²) in [6.45, 7) is 2.43. The number of rotatable bonds is 3. The number of carbonyl (C=O) groups is 3. The van der Waals surface area contributed by atoms with Gasteiger partial charge in [0.15, 0.2) is 0 Å². The van der Waals surface area contributed by atoms with Crippen molar-refractivity contribution in [2.75, 3.05) is 13.1 Å². The van der Waals surface area contributed by atoms with Crippen molar-refractivity contribution < 1.29 is 14.4 Å². The lowest BCUT2D eigenvalue weighted by molar-refractivity contribution is -0.150. The SMILES string of the molecule is CC1CNC(=O)C(=O)N1CCC(N)=O. The van der Waals surface area contributed by atoms with Gasteiger partial charge in [-0.25, -0.2) is 0 Å². The quantitative estimate of drug-likeness (QED) is 0.526. The second-order valence-electron chi connectivity index (χ2n) is 3.27. The molecule has 0 saturated carbocycles. The van der Waals surface area contributed by atoms with Crippen molar-refractivity contribution in [2.24, 2.45) is 5.73 Å². The topological polar surface area (TPSA) is 92.5 Å². The molecule has 1 saturated heterocycles. The van der Waals surface area contributed by atoms with Crippen LogP contribution in [0.25, 0.3) is 0 Å². The van der Waals surface area contributed by atoms with Gasteiger partial charge >= 0.3 is 11.8 Å². The summed E-state index contributed by atoms with van der Waals surface area (Å²) in [5.74, 6) is -1.69. The van der Waals surface area contributed by atoms with Crippen LogP contribution in [0.3, 0.4) is 0 Å². The van der Waals surface area contributed by atoms with Gasteiger partial charge in [-0.15, -0.1) is 0 Å². The summed E-state index contributed by atoms with van der Waals surface area (Å²) in [5.41, 5.74) is 4.96. The highest BCUT2D eigenvalue weighted by molar-refractivity contribution is 6.35. The highest BCUT2D eigenvalue weighted by Gasteiger charge is 2.30. The molecule has 6 nitrogen and oxygen atoms in total. The highest BCUT2D eigenvalue weighted by Crippen LogP contribution is 2.05. The first-order valence-electron chi connectivity index (χ1n) is 4.39. The standard InChI is InChI=1S/C8H13N3O3/c1-5-4-10-7(13)8(14)11(5)3-2-6(9)12/h5H,2-4H2,1H3,(H2,9,12)(H,10,13). The maximum Gasteiger partial charge on any atom is 0.312 e. The molecule has 1 unspecified atom stereocenters. The van der Waals surface area contributed by atoms with Crippen molar-refractivity contribution in [3.8, 4) is 0 Å². The Morgan fingerprint density at radius 2 is 2.29 bits per heavy atom. The molecule has 0 aromatic heterocycles. The van der Waals surface area contributed by atoms with Crippen LogP contribution in [0.15, 0.2) is 0 Å². The second-order valence-corrected chi connectivity index (χ2v) is 3.27. The van der Waals surface area contributed by atoms with Crippen LogP contribution in [-0.2, 0) is 14.4 Å². The molecule has 1 aliphatic rings. The van der Waals surface area contributed by atoms with Crippen molar-refractivity contribution in [1.29, 1.82) is 0 Å². The Hall–Kier alpha value is -1.59. The Balaban J connectivity index is 2.58. The van der Waals surface area contributed by atoms with E-state index in [0.717, 1.165) is 0 Å². The molecule has 0 spiro atoms. The van der Waals surface area contributed by atoms with Crippen molar-refractivity contribution in [3.05, 3.63) is 0 Å². The van der Waals surface area contributed by atoms with Gasteiger partial charge in [0.05, 0.1) is 0 Å². The van der Waals surface area contributed by atoms with Gasteiger partial charge in [0.25, 0.3) is 0 Å². The molecule has 78 valence electrons. The summed E-state index contributed by atoms with van der Waals surface area (Å²) >= 11 is 0. The van der Waals surface area contributed by atoms with Crippen LogP contribution in [0.2, 0.25) is 0 Å². The number of primary amides is 1. The van der Waals surface area contributed by atoms with Gasteiger partial charge < -0.3 is 16.0 Å². The van der Waals surface area contributed by atoms with Crippen LogP contribution in [0.1, 0.15) is 13.3 Å². The van der Waals surface area contributed by atoms with E-state index >= 15 is 0 Å². The molecular formula is C8H13N3O3. The Kier molecular flexibility index (Phi) is 3.06. The molecular weight excluding hydrogens is 186 g/mol. The lowest BCUT2D eigenvalue weighted by atomic mass is 10.2. The monoisotopic (exact) mass is 199 g/mol. The number of nitrogens with two attached hydrogens (primary N) is 1. The molecule has 0 aromatic rings. The first-order valence-corrected chi connectivity index (χ1v) is 4.39. The molecule has 1 rings (SSSR count). The van der Waals surface area contributed by atoms with E-state index < -0.39 is 17.7 Å². The highest BCUT2D eigenvalue weighted by atomic mass is 16.2. The zero-order chi connectivity index (χ0) is 10.7. The van der Waals surface area contributed by atoms with E-state index in [4.69, 9.17) is 5.73 Å². The lowest BCUT2D eigenvalue weighted by Gasteiger charge is -2.32. The fourth-order valence-electron chi connectivity index (χ4n) is 1.31. The Morgan fingerprint density at radius 3 is 2.86 bits per heavy atom. The van der Waals surface area contributed by atoms with Crippen molar-refractivity contribution in [3.63, 3.8) is 0 Å². The van der Waals surface area contributed by atoms with E-state index in [-0.39, 0.29) is 19.0 Å². The van der Waals surface area contributed by atoms with Gasteiger partial charge in [0, 0.05) is 25.6 Å². The molecule has 0 aromatic carbocycles. The van der Waals surface area contributed by atoms with E-state index in [0.29, 0.717) is 6.54 Å². The number of amides is 3. The summed E-state index contributed by atoms with van der Waals surface area (Å²) in [5, 5.41) is 2.45.